The molecular formula is C20H38N4O6. The first-order chi connectivity index (χ1) is 13.5. The molecule has 174 valence electrons. The van der Waals surface area contributed by atoms with E-state index in [2.05, 4.69) is 10.6 Å². The second-order valence-electron chi connectivity index (χ2n) is 9.23. The van der Waals surface area contributed by atoms with Crippen molar-refractivity contribution in [2.75, 3.05) is 6.54 Å². The molecular weight excluding hydrogens is 392 g/mol. The van der Waals surface area contributed by atoms with Gasteiger partial charge in [0, 0.05) is 19.0 Å². The number of rotatable bonds is 10. The summed E-state index contributed by atoms with van der Waals surface area (Å²) in [5.41, 5.74) is 10.4. The Balaban J connectivity index is 4.35. The summed E-state index contributed by atoms with van der Waals surface area (Å²) in [6.45, 7) is 12.4. The van der Waals surface area contributed by atoms with Gasteiger partial charge in [-0.05, 0) is 54.9 Å². The number of hydrogen-bond acceptors (Lipinski definition) is 8. The first-order valence-electron chi connectivity index (χ1n) is 10.0. The van der Waals surface area contributed by atoms with Crippen molar-refractivity contribution < 1.29 is 28.7 Å². The van der Waals surface area contributed by atoms with Crippen molar-refractivity contribution in [3.8, 4) is 0 Å². The van der Waals surface area contributed by atoms with E-state index in [9.17, 15) is 19.2 Å². The summed E-state index contributed by atoms with van der Waals surface area (Å²) < 4.78 is 10.4. The average molecular weight is 431 g/mol. The predicted molar refractivity (Wildman–Crippen MR) is 112 cm³/mol. The van der Waals surface area contributed by atoms with Gasteiger partial charge in [-0.1, -0.05) is 0 Å². The standard InChI is InChI=1S/C20H38N4O6/c1-12(11-14(26)30-20(5,6)7)24-18(28)16(22)15(21)17(27)23-10-8-9-13(25)29-19(2,3)4/h12,15-16H,8-11,21-22H2,1-7H3,(H,23,27)(H,24,28)/t12?,15-,16-/m1/s1. The van der Waals surface area contributed by atoms with Crippen LogP contribution in [0.4, 0.5) is 0 Å². The minimum absolute atomic E-state index is 0.0399. The monoisotopic (exact) mass is 430 g/mol. The van der Waals surface area contributed by atoms with Crippen molar-refractivity contribution in [3.05, 3.63) is 0 Å². The third-order valence-corrected chi connectivity index (χ3v) is 3.55. The number of carbonyl (C=O) groups is 4. The number of hydrogen-bond donors (Lipinski definition) is 4. The first kappa shape index (κ1) is 27.8. The van der Waals surface area contributed by atoms with E-state index in [0.717, 1.165) is 0 Å². The number of nitrogens with two attached hydrogens (primary N) is 2. The van der Waals surface area contributed by atoms with Crippen LogP contribution in [-0.2, 0) is 28.7 Å². The lowest BCUT2D eigenvalue weighted by molar-refractivity contribution is -0.156. The predicted octanol–water partition coefficient (Wildman–Crippen LogP) is 0.116. The minimum Gasteiger partial charge on any atom is -0.460 e. The molecule has 0 bridgehead atoms. The van der Waals surface area contributed by atoms with Crippen molar-refractivity contribution in [3.63, 3.8) is 0 Å². The molecule has 0 rings (SSSR count). The van der Waals surface area contributed by atoms with Gasteiger partial charge < -0.3 is 31.6 Å². The molecule has 30 heavy (non-hydrogen) atoms. The highest BCUT2D eigenvalue weighted by molar-refractivity contribution is 5.92. The van der Waals surface area contributed by atoms with Gasteiger partial charge in [0.25, 0.3) is 0 Å². The molecule has 6 N–H and O–H groups in total. The Bertz CT molecular complexity index is 609. The van der Waals surface area contributed by atoms with E-state index in [1.165, 1.54) is 0 Å². The van der Waals surface area contributed by atoms with Gasteiger partial charge in [-0.25, -0.2) is 0 Å². The largest absolute Gasteiger partial charge is 0.460 e. The van der Waals surface area contributed by atoms with Crippen molar-refractivity contribution in [2.24, 2.45) is 11.5 Å². The van der Waals surface area contributed by atoms with Crippen LogP contribution in [0.1, 0.15) is 67.7 Å². The van der Waals surface area contributed by atoms with Crippen molar-refractivity contribution >= 4 is 23.8 Å². The highest BCUT2D eigenvalue weighted by atomic mass is 16.6. The zero-order valence-corrected chi connectivity index (χ0v) is 19.2. The van der Waals surface area contributed by atoms with Crippen molar-refractivity contribution in [1.29, 1.82) is 0 Å². The molecule has 1 unspecified atom stereocenters. The molecule has 0 heterocycles. The van der Waals surface area contributed by atoms with E-state index in [1.807, 2.05) is 0 Å². The maximum Gasteiger partial charge on any atom is 0.308 e. The molecule has 0 aliphatic heterocycles. The highest BCUT2D eigenvalue weighted by Crippen LogP contribution is 2.10. The summed E-state index contributed by atoms with van der Waals surface area (Å²) in [5.74, 6) is -2.09. The maximum absolute atomic E-state index is 12.2. The number of ether oxygens (including phenoxy) is 2. The zero-order chi connectivity index (χ0) is 23.7. The van der Waals surface area contributed by atoms with Crippen LogP contribution in [-0.4, -0.2) is 59.6 Å². The summed E-state index contributed by atoms with van der Waals surface area (Å²) in [4.78, 5) is 47.7. The van der Waals surface area contributed by atoms with Gasteiger partial charge in [-0.2, -0.15) is 0 Å². The smallest absolute Gasteiger partial charge is 0.308 e. The number of nitrogens with one attached hydrogen (secondary N) is 2. The molecule has 0 saturated heterocycles. The molecule has 0 aliphatic rings. The SMILES string of the molecule is CC(CC(=O)OC(C)(C)C)NC(=O)[C@H](N)[C@@H](N)C(=O)NCCCC(=O)OC(C)(C)C. The van der Waals surface area contributed by atoms with Gasteiger partial charge in [0.2, 0.25) is 11.8 Å². The second kappa shape index (κ2) is 11.8. The van der Waals surface area contributed by atoms with Gasteiger partial charge >= 0.3 is 11.9 Å². The Hall–Kier alpha value is -2.20. The van der Waals surface area contributed by atoms with Crippen LogP contribution >= 0.6 is 0 Å². The van der Waals surface area contributed by atoms with Gasteiger partial charge in [0.15, 0.2) is 0 Å². The molecule has 0 aliphatic carbocycles. The van der Waals surface area contributed by atoms with Crippen LogP contribution in [0.2, 0.25) is 0 Å². The van der Waals surface area contributed by atoms with Crippen LogP contribution < -0.4 is 22.1 Å². The van der Waals surface area contributed by atoms with E-state index in [1.54, 1.807) is 48.5 Å². The Kier molecular flexibility index (Phi) is 11.0. The lowest BCUT2D eigenvalue weighted by atomic mass is 10.1. The second-order valence-corrected chi connectivity index (χ2v) is 9.23. The number of amides is 2. The molecule has 3 atom stereocenters. The molecule has 0 fully saturated rings. The Labute approximate surface area is 178 Å². The van der Waals surface area contributed by atoms with Gasteiger partial charge in [0.1, 0.15) is 23.3 Å². The summed E-state index contributed by atoms with van der Waals surface area (Å²) in [7, 11) is 0. The molecule has 10 heteroatoms. The average Bonchev–Trinajstić information content (AvgIpc) is 2.53. The fraction of sp³-hybridized carbons (Fsp3) is 0.800. The normalized spacial score (nSPS) is 14.8. The minimum atomic E-state index is -1.29. The lowest BCUT2D eigenvalue weighted by Gasteiger charge is -2.23. The number of esters is 2. The van der Waals surface area contributed by atoms with E-state index >= 15 is 0 Å². The van der Waals surface area contributed by atoms with Crippen molar-refractivity contribution in [2.45, 2.75) is 97.1 Å². The first-order valence-corrected chi connectivity index (χ1v) is 10.0. The molecule has 0 saturated carbocycles. The lowest BCUT2D eigenvalue weighted by Crippen LogP contribution is -2.59. The van der Waals surface area contributed by atoms with Crippen molar-refractivity contribution in [1.82, 2.24) is 10.6 Å². The third-order valence-electron chi connectivity index (χ3n) is 3.55. The molecule has 0 spiro atoms. The summed E-state index contributed by atoms with van der Waals surface area (Å²) in [6.07, 6.45) is 0.463. The van der Waals surface area contributed by atoms with Crippen LogP contribution in [0, 0.1) is 0 Å². The maximum atomic E-state index is 12.2. The fourth-order valence-corrected chi connectivity index (χ4v) is 2.30. The van der Waals surface area contributed by atoms with E-state index in [-0.39, 0.29) is 25.4 Å². The highest BCUT2D eigenvalue weighted by Gasteiger charge is 2.29. The molecule has 0 radical (unpaired) electrons. The van der Waals surface area contributed by atoms with Gasteiger partial charge in [-0.3, -0.25) is 19.2 Å². The molecule has 0 aromatic rings. The van der Waals surface area contributed by atoms with E-state index < -0.39 is 47.1 Å². The van der Waals surface area contributed by atoms with Gasteiger partial charge in [0.05, 0.1) is 6.42 Å². The van der Waals surface area contributed by atoms with Crippen LogP contribution in [0.5, 0.6) is 0 Å². The Morgan fingerprint density at radius 2 is 1.30 bits per heavy atom. The summed E-state index contributed by atoms with van der Waals surface area (Å²) in [6, 6.07) is -3.11. The molecule has 0 aromatic carbocycles. The topological polar surface area (TPSA) is 163 Å². The molecule has 2 amide bonds. The van der Waals surface area contributed by atoms with Crippen LogP contribution in [0.3, 0.4) is 0 Å². The van der Waals surface area contributed by atoms with E-state index in [4.69, 9.17) is 20.9 Å². The van der Waals surface area contributed by atoms with Crippen LogP contribution in [0.25, 0.3) is 0 Å². The van der Waals surface area contributed by atoms with Gasteiger partial charge in [-0.15, -0.1) is 0 Å². The molecule has 0 aromatic heterocycles. The van der Waals surface area contributed by atoms with Crippen LogP contribution in [0.15, 0.2) is 0 Å². The molecule has 10 nitrogen and oxygen atoms in total. The summed E-state index contributed by atoms with van der Waals surface area (Å²) >= 11 is 0. The Morgan fingerprint density at radius 3 is 1.80 bits per heavy atom. The Morgan fingerprint density at radius 1 is 0.833 bits per heavy atom. The third kappa shape index (κ3) is 13.1. The zero-order valence-electron chi connectivity index (χ0n) is 19.2. The fourth-order valence-electron chi connectivity index (χ4n) is 2.30. The van der Waals surface area contributed by atoms with E-state index in [0.29, 0.717) is 6.42 Å². The summed E-state index contributed by atoms with van der Waals surface area (Å²) in [5, 5.41) is 5.09. The quantitative estimate of drug-likeness (QED) is 0.280. The number of carbonyl (C=O) groups excluding carboxylic acids is 4.